The predicted molar refractivity (Wildman–Crippen MR) is 67.1 cm³/mol. The van der Waals surface area contributed by atoms with Crippen LogP contribution in [-0.2, 0) is 0 Å². The highest BCUT2D eigenvalue weighted by Gasteiger charge is 2.42. The average molecular weight is 245 g/mol. The molecule has 2 rings (SSSR count). The van der Waals surface area contributed by atoms with Crippen molar-refractivity contribution in [3.05, 3.63) is 29.8 Å². The van der Waals surface area contributed by atoms with Crippen LogP contribution in [0.15, 0.2) is 29.3 Å². The third kappa shape index (κ3) is 2.15. The first-order valence-electron chi connectivity index (χ1n) is 5.68. The maximum atomic E-state index is 10.3. The fourth-order valence-electron chi connectivity index (χ4n) is 2.02. The van der Waals surface area contributed by atoms with Gasteiger partial charge < -0.3 is 9.84 Å². The highest BCUT2D eigenvalue weighted by Crippen LogP contribution is 2.41. The number of para-hydroxylation sites is 1. The number of hydrogen-bond acceptors (Lipinski definition) is 4. The van der Waals surface area contributed by atoms with Gasteiger partial charge in [0.25, 0.3) is 0 Å². The van der Waals surface area contributed by atoms with Gasteiger partial charge in [-0.05, 0) is 19.9 Å². The average Bonchev–Trinajstić information content (AvgIpc) is 2.34. The normalized spacial score (nSPS) is 25.0. The summed E-state index contributed by atoms with van der Waals surface area (Å²) < 4.78 is 5.76. The number of fused-ring (bicyclic) bond motifs is 1. The molecule has 2 unspecified atom stereocenters. The smallest absolute Gasteiger partial charge is 0.182 e. The molecule has 0 radical (unpaired) electrons. The van der Waals surface area contributed by atoms with Gasteiger partial charge in [-0.3, -0.25) is 10.3 Å². The Bertz CT molecular complexity index is 505. The Morgan fingerprint density at radius 2 is 2.22 bits per heavy atom. The topological polar surface area (TPSA) is 77.6 Å². The van der Waals surface area contributed by atoms with Gasteiger partial charge in [-0.25, -0.2) is 0 Å². The third-order valence-corrected chi connectivity index (χ3v) is 2.99. The molecular weight excluding hydrogens is 230 g/mol. The Morgan fingerprint density at radius 3 is 2.94 bits per heavy atom. The largest absolute Gasteiger partial charge is 0.485 e. The molecule has 18 heavy (non-hydrogen) atoms. The van der Waals surface area contributed by atoms with Gasteiger partial charge in [-0.15, -0.1) is 0 Å². The number of aliphatic hydroxyl groups excluding tert-OH is 1. The molecule has 0 bridgehead atoms. The zero-order chi connectivity index (χ0) is 13.2. The lowest BCUT2D eigenvalue weighted by Gasteiger charge is -2.40. The molecule has 0 aromatic heterocycles. The molecule has 1 aliphatic heterocycles. The van der Waals surface area contributed by atoms with E-state index in [1.165, 1.54) is 6.34 Å². The summed E-state index contributed by atoms with van der Waals surface area (Å²) in [5.41, 5.74) is 0.100. The lowest BCUT2D eigenvalue weighted by molar-refractivity contribution is -0.0566. The van der Waals surface area contributed by atoms with Crippen LogP contribution in [0.4, 0.5) is 0 Å². The van der Waals surface area contributed by atoms with Crippen LogP contribution < -0.4 is 10.1 Å². The second-order valence-electron chi connectivity index (χ2n) is 4.67. The summed E-state index contributed by atoms with van der Waals surface area (Å²) in [6, 6.07) is 7.02. The molecule has 94 valence electrons. The van der Waals surface area contributed by atoms with Gasteiger partial charge in [0.2, 0.25) is 0 Å². The minimum atomic E-state index is -0.774. The lowest BCUT2D eigenvalue weighted by atomic mass is 9.87. The van der Waals surface area contributed by atoms with Gasteiger partial charge in [0, 0.05) is 5.56 Å². The molecule has 1 aromatic rings. The summed E-state index contributed by atoms with van der Waals surface area (Å²) in [6.45, 7) is 3.63. The van der Waals surface area contributed by atoms with Crippen molar-refractivity contribution in [2.45, 2.75) is 31.6 Å². The summed E-state index contributed by atoms with van der Waals surface area (Å²) in [4.78, 5) is 4.20. The van der Waals surface area contributed by atoms with Gasteiger partial charge in [0.1, 0.15) is 23.5 Å². The van der Waals surface area contributed by atoms with Gasteiger partial charge >= 0.3 is 0 Å². The van der Waals surface area contributed by atoms with E-state index in [1.54, 1.807) is 6.19 Å². The molecule has 0 saturated carbocycles. The number of nitriles is 1. The SMILES string of the molecule is CC1(C)Oc2ccccc2C(N=CNC#N)C1O. The molecule has 0 saturated heterocycles. The molecule has 0 amide bonds. The number of aliphatic imine (C=N–C) groups is 1. The fraction of sp³-hybridized carbons (Fsp3) is 0.385. The molecular formula is C13H15N3O2. The maximum absolute atomic E-state index is 10.3. The van der Waals surface area contributed by atoms with E-state index < -0.39 is 17.7 Å². The van der Waals surface area contributed by atoms with E-state index >= 15 is 0 Å². The Morgan fingerprint density at radius 1 is 1.50 bits per heavy atom. The first-order valence-corrected chi connectivity index (χ1v) is 5.68. The van der Waals surface area contributed by atoms with E-state index in [0.29, 0.717) is 5.75 Å². The number of nitrogens with one attached hydrogen (secondary N) is 1. The molecule has 2 N–H and O–H groups in total. The number of aliphatic hydroxyl groups is 1. The molecule has 2 atom stereocenters. The van der Waals surface area contributed by atoms with Gasteiger partial charge in [0.15, 0.2) is 6.19 Å². The highest BCUT2D eigenvalue weighted by molar-refractivity contribution is 5.57. The Hall–Kier alpha value is -2.06. The number of rotatable bonds is 2. The molecule has 1 heterocycles. The first kappa shape index (κ1) is 12.4. The van der Waals surface area contributed by atoms with E-state index in [4.69, 9.17) is 10.00 Å². The first-order chi connectivity index (χ1) is 8.56. The maximum Gasteiger partial charge on any atom is 0.182 e. The monoisotopic (exact) mass is 245 g/mol. The quantitative estimate of drug-likeness (QED) is 0.357. The summed E-state index contributed by atoms with van der Waals surface area (Å²) in [5, 5.41) is 21.0. The standard InChI is InChI=1S/C13H15N3O2/c1-13(2)12(17)11(16-8-15-7-14)9-5-3-4-6-10(9)18-13/h3-6,8,11-12,17H,1-2H3,(H,15,16). The second kappa shape index (κ2) is 4.67. The van der Waals surface area contributed by atoms with Crippen molar-refractivity contribution in [2.24, 2.45) is 4.99 Å². The van der Waals surface area contributed by atoms with Crippen molar-refractivity contribution in [1.82, 2.24) is 5.32 Å². The van der Waals surface area contributed by atoms with Gasteiger partial charge in [-0.1, -0.05) is 18.2 Å². The van der Waals surface area contributed by atoms with Crippen LogP contribution in [0.1, 0.15) is 25.5 Å². The molecule has 0 fully saturated rings. The van der Waals surface area contributed by atoms with Crippen LogP contribution in [0.3, 0.4) is 0 Å². The van der Waals surface area contributed by atoms with E-state index in [2.05, 4.69) is 10.3 Å². The van der Waals surface area contributed by atoms with E-state index in [1.807, 2.05) is 38.1 Å². The number of ether oxygens (including phenoxy) is 1. The summed E-state index contributed by atoms with van der Waals surface area (Å²) >= 11 is 0. The van der Waals surface area contributed by atoms with Crippen molar-refractivity contribution >= 4 is 6.34 Å². The van der Waals surface area contributed by atoms with Crippen molar-refractivity contribution in [2.75, 3.05) is 0 Å². The van der Waals surface area contributed by atoms with E-state index in [9.17, 15) is 5.11 Å². The van der Waals surface area contributed by atoms with Crippen molar-refractivity contribution < 1.29 is 9.84 Å². The summed E-state index contributed by atoms with van der Waals surface area (Å²) in [6.07, 6.45) is 2.28. The molecule has 5 nitrogen and oxygen atoms in total. The summed E-state index contributed by atoms with van der Waals surface area (Å²) in [7, 11) is 0. The summed E-state index contributed by atoms with van der Waals surface area (Å²) in [5.74, 6) is 0.715. The minimum Gasteiger partial charge on any atom is -0.485 e. The van der Waals surface area contributed by atoms with Crippen LogP contribution in [0, 0.1) is 11.5 Å². The Labute approximate surface area is 106 Å². The Kier molecular flexibility index (Phi) is 3.21. The lowest BCUT2D eigenvalue weighted by Crippen LogP contribution is -2.48. The third-order valence-electron chi connectivity index (χ3n) is 2.99. The zero-order valence-corrected chi connectivity index (χ0v) is 10.3. The van der Waals surface area contributed by atoms with Crippen LogP contribution in [0.25, 0.3) is 0 Å². The molecule has 1 aliphatic rings. The van der Waals surface area contributed by atoms with Crippen molar-refractivity contribution in [3.63, 3.8) is 0 Å². The van der Waals surface area contributed by atoms with Crippen LogP contribution in [0.5, 0.6) is 5.75 Å². The van der Waals surface area contributed by atoms with Crippen LogP contribution in [-0.4, -0.2) is 23.2 Å². The van der Waals surface area contributed by atoms with Crippen LogP contribution in [0.2, 0.25) is 0 Å². The molecule has 0 aliphatic carbocycles. The second-order valence-corrected chi connectivity index (χ2v) is 4.67. The Balaban J connectivity index is 2.40. The number of nitrogens with zero attached hydrogens (tertiary/aromatic N) is 2. The van der Waals surface area contributed by atoms with Crippen LogP contribution >= 0.6 is 0 Å². The van der Waals surface area contributed by atoms with Crippen molar-refractivity contribution in [1.29, 1.82) is 5.26 Å². The van der Waals surface area contributed by atoms with E-state index in [0.717, 1.165) is 5.56 Å². The van der Waals surface area contributed by atoms with Gasteiger partial charge in [0.05, 0.1) is 6.34 Å². The molecule has 5 heteroatoms. The minimum absolute atomic E-state index is 0.439. The van der Waals surface area contributed by atoms with Gasteiger partial charge in [-0.2, -0.15) is 5.26 Å². The zero-order valence-electron chi connectivity index (χ0n) is 10.3. The number of hydrogen-bond donors (Lipinski definition) is 2. The predicted octanol–water partition coefficient (Wildman–Crippen LogP) is 1.36. The highest BCUT2D eigenvalue weighted by atomic mass is 16.5. The van der Waals surface area contributed by atoms with E-state index in [-0.39, 0.29) is 0 Å². The van der Waals surface area contributed by atoms with Crippen molar-refractivity contribution in [3.8, 4) is 11.9 Å². The number of benzene rings is 1. The molecule has 1 aromatic carbocycles. The molecule has 0 spiro atoms. The fourth-order valence-corrected chi connectivity index (χ4v) is 2.02.